The predicted octanol–water partition coefficient (Wildman–Crippen LogP) is -0.0580. The predicted molar refractivity (Wildman–Crippen MR) is 62.1 cm³/mol. The van der Waals surface area contributed by atoms with Crippen LogP contribution in [0.15, 0.2) is 16.3 Å². The molecule has 90 valence electrons. The highest BCUT2D eigenvalue weighted by atomic mass is 16.4. The molecule has 0 radical (unpaired) electrons. The fraction of sp³-hybridized carbons (Fsp3) is 0.333. The highest BCUT2D eigenvalue weighted by Crippen LogP contribution is 2.07. The van der Waals surface area contributed by atoms with Crippen molar-refractivity contribution in [3.05, 3.63) is 16.7 Å². The summed E-state index contributed by atoms with van der Waals surface area (Å²) in [6, 6.07) is 0. The van der Waals surface area contributed by atoms with Gasteiger partial charge in [0.05, 0.1) is 6.33 Å². The van der Waals surface area contributed by atoms with Gasteiger partial charge in [0.2, 0.25) is 5.95 Å². The van der Waals surface area contributed by atoms with Crippen LogP contribution in [0.4, 0.5) is 5.95 Å². The Kier molecular flexibility index (Phi) is 3.03. The lowest BCUT2D eigenvalue weighted by molar-refractivity contribution is 0.320. The zero-order valence-electron chi connectivity index (χ0n) is 9.00. The van der Waals surface area contributed by atoms with E-state index in [4.69, 9.17) is 10.9 Å². The average Bonchev–Trinajstić information content (AvgIpc) is 2.68. The maximum absolute atomic E-state index is 11.5. The minimum Gasteiger partial charge on any atom is -0.411 e. The second-order valence-electron chi connectivity index (χ2n) is 3.50. The lowest BCUT2D eigenvalue weighted by atomic mass is 10.3. The Hall–Kier alpha value is -2.38. The van der Waals surface area contributed by atoms with Crippen LogP contribution in [0.3, 0.4) is 0 Å². The Balaban J connectivity index is 2.26. The summed E-state index contributed by atoms with van der Waals surface area (Å²) in [7, 11) is 0. The fourth-order valence-corrected chi connectivity index (χ4v) is 1.55. The van der Waals surface area contributed by atoms with Crippen molar-refractivity contribution in [3.8, 4) is 0 Å². The number of hydrogen-bond donors (Lipinski definition) is 3. The van der Waals surface area contributed by atoms with Gasteiger partial charge < -0.3 is 15.5 Å². The van der Waals surface area contributed by atoms with E-state index in [2.05, 4.69) is 20.1 Å². The Morgan fingerprint density at radius 3 is 3.24 bits per heavy atom. The minimum atomic E-state index is -0.344. The molecule has 17 heavy (non-hydrogen) atoms. The zero-order chi connectivity index (χ0) is 12.3. The Morgan fingerprint density at radius 1 is 1.65 bits per heavy atom. The number of nitrogens with one attached hydrogen (secondary N) is 1. The summed E-state index contributed by atoms with van der Waals surface area (Å²) in [5.74, 6) is 0.0705. The number of nitrogens with zero attached hydrogens (tertiary/aromatic N) is 4. The molecule has 0 aromatic carbocycles. The number of unbranched alkanes of at least 4 members (excludes halogenated alkanes) is 1. The van der Waals surface area contributed by atoms with Crippen LogP contribution in [0.2, 0.25) is 0 Å². The second-order valence-corrected chi connectivity index (χ2v) is 3.50. The smallest absolute Gasteiger partial charge is 0.280 e. The molecule has 0 bridgehead atoms. The van der Waals surface area contributed by atoms with E-state index < -0.39 is 0 Å². The number of imidazole rings is 1. The van der Waals surface area contributed by atoms with E-state index in [1.54, 1.807) is 10.9 Å². The van der Waals surface area contributed by atoms with Crippen molar-refractivity contribution in [2.45, 2.75) is 19.4 Å². The second kappa shape index (κ2) is 4.64. The van der Waals surface area contributed by atoms with E-state index in [1.165, 1.54) is 6.21 Å². The van der Waals surface area contributed by atoms with Crippen LogP contribution in [-0.4, -0.2) is 30.9 Å². The molecule has 0 unspecified atom stereocenters. The van der Waals surface area contributed by atoms with Crippen LogP contribution in [0.25, 0.3) is 11.2 Å². The molecule has 2 heterocycles. The third-order valence-corrected chi connectivity index (χ3v) is 2.31. The van der Waals surface area contributed by atoms with Gasteiger partial charge in [0.25, 0.3) is 5.56 Å². The first-order chi connectivity index (χ1) is 8.22. The molecule has 0 aliphatic heterocycles. The molecule has 0 atom stereocenters. The van der Waals surface area contributed by atoms with Crippen molar-refractivity contribution in [2.24, 2.45) is 5.16 Å². The van der Waals surface area contributed by atoms with E-state index in [1.807, 2.05) is 0 Å². The number of aryl methyl sites for hydroxylation is 1. The first-order valence-electron chi connectivity index (χ1n) is 5.09. The summed E-state index contributed by atoms with van der Waals surface area (Å²) in [6.07, 6.45) is 4.34. The quantitative estimate of drug-likeness (QED) is 0.297. The number of nitrogen functional groups attached to an aromatic ring is 1. The van der Waals surface area contributed by atoms with Gasteiger partial charge in [-0.3, -0.25) is 9.78 Å². The highest BCUT2D eigenvalue weighted by molar-refractivity contribution is 5.70. The van der Waals surface area contributed by atoms with Gasteiger partial charge in [0.1, 0.15) is 0 Å². The number of aromatic nitrogens is 4. The normalized spacial score (nSPS) is 11.5. The van der Waals surface area contributed by atoms with E-state index in [-0.39, 0.29) is 17.0 Å². The van der Waals surface area contributed by atoms with Crippen molar-refractivity contribution < 1.29 is 5.21 Å². The minimum absolute atomic E-state index is 0.0705. The molecule has 0 saturated carbocycles. The van der Waals surface area contributed by atoms with Gasteiger partial charge in [-0.05, 0) is 12.8 Å². The molecular formula is C9H12N6O2. The van der Waals surface area contributed by atoms with Crippen LogP contribution in [-0.2, 0) is 6.54 Å². The van der Waals surface area contributed by atoms with E-state index >= 15 is 0 Å². The van der Waals surface area contributed by atoms with Crippen LogP contribution >= 0.6 is 0 Å². The standard InChI is InChI=1S/C9H12N6O2/c10-9-13-7-6(8(16)14-9)11-5-15(7)4-2-1-3-12-17/h3,5,17H,1-2,4H2,(H3,10,13,14,16). The third-order valence-electron chi connectivity index (χ3n) is 2.31. The van der Waals surface area contributed by atoms with Crippen LogP contribution in [0.5, 0.6) is 0 Å². The summed E-state index contributed by atoms with van der Waals surface area (Å²) in [5, 5.41) is 11.1. The third kappa shape index (κ3) is 2.25. The van der Waals surface area contributed by atoms with Crippen LogP contribution < -0.4 is 11.3 Å². The van der Waals surface area contributed by atoms with Gasteiger partial charge >= 0.3 is 0 Å². The van der Waals surface area contributed by atoms with Crippen molar-refractivity contribution in [1.29, 1.82) is 0 Å². The molecule has 2 rings (SSSR count). The lowest BCUT2D eigenvalue weighted by Gasteiger charge is -2.01. The average molecular weight is 236 g/mol. The molecule has 2 aromatic heterocycles. The zero-order valence-corrected chi connectivity index (χ0v) is 9.00. The van der Waals surface area contributed by atoms with Gasteiger partial charge in [-0.15, -0.1) is 5.16 Å². The molecule has 2 aromatic rings. The van der Waals surface area contributed by atoms with Gasteiger partial charge in [-0.25, -0.2) is 4.98 Å². The number of hydrogen-bond acceptors (Lipinski definition) is 6. The summed E-state index contributed by atoms with van der Waals surface area (Å²) < 4.78 is 1.74. The fourth-order valence-electron chi connectivity index (χ4n) is 1.55. The van der Waals surface area contributed by atoms with Crippen LogP contribution in [0.1, 0.15) is 12.8 Å². The first kappa shape index (κ1) is 11.1. The van der Waals surface area contributed by atoms with Gasteiger partial charge in [0.15, 0.2) is 11.2 Å². The Labute approximate surface area is 95.8 Å². The summed E-state index contributed by atoms with van der Waals surface area (Å²) >= 11 is 0. The molecule has 4 N–H and O–H groups in total. The maximum Gasteiger partial charge on any atom is 0.280 e. The lowest BCUT2D eigenvalue weighted by Crippen LogP contribution is -2.12. The molecular weight excluding hydrogens is 224 g/mol. The molecule has 0 aliphatic carbocycles. The maximum atomic E-state index is 11.5. The number of fused-ring (bicyclic) bond motifs is 1. The Bertz CT molecular complexity index is 599. The highest BCUT2D eigenvalue weighted by Gasteiger charge is 2.08. The van der Waals surface area contributed by atoms with Crippen molar-refractivity contribution in [3.63, 3.8) is 0 Å². The van der Waals surface area contributed by atoms with Crippen molar-refractivity contribution in [1.82, 2.24) is 19.5 Å². The SMILES string of the molecule is Nc1nc2c(ncn2CCCC=NO)c(=O)[nH]1. The van der Waals surface area contributed by atoms with Gasteiger partial charge in [0, 0.05) is 12.8 Å². The monoisotopic (exact) mass is 236 g/mol. The number of nitrogens with two attached hydrogens (primary N) is 1. The number of anilines is 1. The number of aromatic amines is 1. The number of H-pyrrole nitrogens is 1. The van der Waals surface area contributed by atoms with E-state index in [0.717, 1.165) is 6.42 Å². The van der Waals surface area contributed by atoms with Crippen LogP contribution in [0, 0.1) is 0 Å². The summed E-state index contributed by atoms with van der Waals surface area (Å²) in [6.45, 7) is 0.623. The van der Waals surface area contributed by atoms with E-state index in [0.29, 0.717) is 18.6 Å². The largest absolute Gasteiger partial charge is 0.411 e. The van der Waals surface area contributed by atoms with Crippen molar-refractivity contribution >= 4 is 23.3 Å². The molecule has 0 fully saturated rings. The molecule has 0 amide bonds. The number of rotatable bonds is 4. The molecule has 0 spiro atoms. The summed E-state index contributed by atoms with van der Waals surface area (Å²) in [4.78, 5) is 21.9. The Morgan fingerprint density at radius 2 is 2.47 bits per heavy atom. The molecule has 0 saturated heterocycles. The summed E-state index contributed by atoms with van der Waals surface area (Å²) in [5.41, 5.74) is 5.86. The molecule has 0 aliphatic rings. The number of oxime groups is 1. The van der Waals surface area contributed by atoms with Gasteiger partial charge in [-0.1, -0.05) is 0 Å². The first-order valence-corrected chi connectivity index (χ1v) is 5.09. The topological polar surface area (TPSA) is 122 Å². The van der Waals surface area contributed by atoms with Crippen molar-refractivity contribution in [2.75, 3.05) is 5.73 Å². The molecule has 8 nitrogen and oxygen atoms in total. The van der Waals surface area contributed by atoms with E-state index in [9.17, 15) is 4.79 Å². The van der Waals surface area contributed by atoms with Gasteiger partial charge in [-0.2, -0.15) is 4.98 Å². The molecule has 8 heteroatoms.